The highest BCUT2D eigenvalue weighted by atomic mass is 79.9. The van der Waals surface area contributed by atoms with E-state index in [0.29, 0.717) is 9.72 Å². The molecule has 0 saturated heterocycles. The predicted octanol–water partition coefficient (Wildman–Crippen LogP) is 4.58. The second-order valence-corrected chi connectivity index (χ2v) is 6.52. The van der Waals surface area contributed by atoms with Crippen molar-refractivity contribution in [2.75, 3.05) is 11.9 Å². The van der Waals surface area contributed by atoms with E-state index in [1.54, 1.807) is 17.8 Å². The number of benzene rings is 1. The smallest absolute Gasteiger partial charge is 0.161 e. The van der Waals surface area contributed by atoms with E-state index in [1.165, 1.54) is 18.9 Å². The van der Waals surface area contributed by atoms with Crippen molar-refractivity contribution in [1.82, 2.24) is 0 Å². The van der Waals surface area contributed by atoms with Gasteiger partial charge >= 0.3 is 0 Å². The molecular formula is C13H16BrFN2S. The van der Waals surface area contributed by atoms with Gasteiger partial charge in [0.15, 0.2) is 5.17 Å². The lowest BCUT2D eigenvalue weighted by atomic mass is 10.2. The third kappa shape index (κ3) is 3.26. The van der Waals surface area contributed by atoms with Crippen molar-refractivity contribution in [3.63, 3.8) is 0 Å². The first-order chi connectivity index (χ1) is 8.60. The van der Waals surface area contributed by atoms with Gasteiger partial charge in [0.2, 0.25) is 0 Å². The molecule has 0 fully saturated rings. The maximum atomic E-state index is 13.3. The lowest BCUT2D eigenvalue weighted by Crippen LogP contribution is -2.08. The zero-order valence-electron chi connectivity index (χ0n) is 10.5. The molecule has 18 heavy (non-hydrogen) atoms. The number of amidine groups is 1. The summed E-state index contributed by atoms with van der Waals surface area (Å²) in [5.74, 6) is -0.233. The van der Waals surface area contributed by atoms with Crippen LogP contribution in [0.1, 0.15) is 25.3 Å². The molecule has 5 heteroatoms. The summed E-state index contributed by atoms with van der Waals surface area (Å²) in [6, 6.07) is 3.29. The number of anilines is 1. The lowest BCUT2D eigenvalue weighted by molar-refractivity contribution is 0.620. The van der Waals surface area contributed by atoms with Crippen molar-refractivity contribution < 1.29 is 4.39 Å². The zero-order valence-corrected chi connectivity index (χ0v) is 12.9. The maximum Gasteiger partial charge on any atom is 0.161 e. The number of rotatable bonds is 3. The fourth-order valence-electron chi connectivity index (χ4n) is 1.85. The average Bonchev–Trinajstić information content (AvgIpc) is 2.74. The number of thioether (sulfide) groups is 1. The molecule has 1 heterocycles. The van der Waals surface area contributed by atoms with Crippen LogP contribution in [0.5, 0.6) is 0 Å². The summed E-state index contributed by atoms with van der Waals surface area (Å²) in [4.78, 5) is 4.48. The van der Waals surface area contributed by atoms with Crippen molar-refractivity contribution in [3.05, 3.63) is 28.0 Å². The molecule has 1 aliphatic heterocycles. The van der Waals surface area contributed by atoms with Crippen LogP contribution in [-0.4, -0.2) is 17.0 Å². The number of hydrogen-bond donors (Lipinski definition) is 1. The Hall–Kier alpha value is -0.550. The van der Waals surface area contributed by atoms with E-state index in [1.807, 2.05) is 6.92 Å². The summed E-state index contributed by atoms with van der Waals surface area (Å²) in [6.07, 6.45) is 2.37. The summed E-state index contributed by atoms with van der Waals surface area (Å²) >= 11 is 4.98. The van der Waals surface area contributed by atoms with Crippen molar-refractivity contribution in [1.29, 1.82) is 0 Å². The number of halogens is 2. The summed E-state index contributed by atoms with van der Waals surface area (Å²) in [5, 5.41) is 4.81. The standard InChI is InChI=1S/C13H16BrFN2S/c1-3-4-9-7-16-13(18-9)17-12-6-10(14)11(15)5-8(12)2/h5-6,9H,3-4,7H2,1-2H3,(H,16,17). The zero-order chi connectivity index (χ0) is 13.1. The largest absolute Gasteiger partial charge is 0.335 e. The Kier molecular flexibility index (Phi) is 4.67. The van der Waals surface area contributed by atoms with Crippen LogP contribution in [0.3, 0.4) is 0 Å². The van der Waals surface area contributed by atoms with Gasteiger partial charge in [0.1, 0.15) is 5.82 Å². The molecule has 1 aliphatic rings. The maximum absolute atomic E-state index is 13.3. The van der Waals surface area contributed by atoms with Gasteiger partial charge in [0.05, 0.1) is 11.0 Å². The van der Waals surface area contributed by atoms with E-state index in [4.69, 9.17) is 0 Å². The molecule has 0 radical (unpaired) electrons. The van der Waals surface area contributed by atoms with Crippen LogP contribution >= 0.6 is 27.7 Å². The second kappa shape index (κ2) is 6.06. The molecule has 1 aromatic carbocycles. The fourth-order valence-corrected chi connectivity index (χ4v) is 3.33. The van der Waals surface area contributed by atoms with Crippen LogP contribution < -0.4 is 5.32 Å². The first-order valence-corrected chi connectivity index (χ1v) is 7.71. The molecule has 1 N–H and O–H groups in total. The van der Waals surface area contributed by atoms with Crippen LogP contribution in [0.2, 0.25) is 0 Å². The Morgan fingerprint density at radius 3 is 3.06 bits per heavy atom. The molecule has 0 spiro atoms. The van der Waals surface area contributed by atoms with Crippen molar-refractivity contribution in [2.45, 2.75) is 31.9 Å². The number of aryl methyl sites for hydroxylation is 1. The Labute approximate surface area is 120 Å². The Balaban J connectivity index is 2.05. The van der Waals surface area contributed by atoms with Gasteiger partial charge in [-0.05, 0) is 47.0 Å². The normalized spacial score (nSPS) is 18.9. The molecule has 0 saturated carbocycles. The number of hydrogen-bond acceptors (Lipinski definition) is 3. The highest BCUT2D eigenvalue weighted by Gasteiger charge is 2.19. The molecule has 98 valence electrons. The molecule has 1 unspecified atom stereocenters. The first-order valence-electron chi connectivity index (χ1n) is 6.04. The Bertz CT molecular complexity index is 476. The van der Waals surface area contributed by atoms with Crippen LogP contribution in [-0.2, 0) is 0 Å². The minimum Gasteiger partial charge on any atom is -0.335 e. The van der Waals surface area contributed by atoms with E-state index in [0.717, 1.165) is 23.0 Å². The molecule has 1 aromatic rings. The van der Waals surface area contributed by atoms with Gasteiger partial charge in [-0.2, -0.15) is 0 Å². The Morgan fingerprint density at radius 2 is 2.33 bits per heavy atom. The average molecular weight is 331 g/mol. The van der Waals surface area contributed by atoms with Gasteiger partial charge in [-0.15, -0.1) is 0 Å². The van der Waals surface area contributed by atoms with Crippen LogP contribution in [0.15, 0.2) is 21.6 Å². The highest BCUT2D eigenvalue weighted by molar-refractivity contribution is 9.10. The molecule has 0 aromatic heterocycles. The number of nitrogens with zero attached hydrogens (tertiary/aromatic N) is 1. The van der Waals surface area contributed by atoms with Crippen molar-refractivity contribution >= 4 is 38.5 Å². The molecule has 2 nitrogen and oxygen atoms in total. The molecule has 0 bridgehead atoms. The Morgan fingerprint density at radius 1 is 1.56 bits per heavy atom. The summed E-state index contributed by atoms with van der Waals surface area (Å²) in [7, 11) is 0. The van der Waals surface area contributed by atoms with E-state index in [2.05, 4.69) is 33.2 Å². The second-order valence-electron chi connectivity index (χ2n) is 4.38. The molecular weight excluding hydrogens is 315 g/mol. The van der Waals surface area contributed by atoms with E-state index in [-0.39, 0.29) is 5.82 Å². The molecule has 2 rings (SSSR count). The predicted molar refractivity (Wildman–Crippen MR) is 81.0 cm³/mol. The van der Waals surface area contributed by atoms with Gasteiger partial charge in [0.25, 0.3) is 0 Å². The third-order valence-electron chi connectivity index (χ3n) is 2.84. The molecule has 0 amide bonds. The summed E-state index contributed by atoms with van der Waals surface area (Å²) < 4.78 is 13.8. The monoisotopic (exact) mass is 330 g/mol. The first kappa shape index (κ1) is 13.9. The quantitative estimate of drug-likeness (QED) is 0.877. The lowest BCUT2D eigenvalue weighted by Gasteiger charge is -2.11. The summed E-state index contributed by atoms with van der Waals surface area (Å²) in [5.41, 5.74) is 1.80. The fraction of sp³-hybridized carbons (Fsp3) is 0.462. The topological polar surface area (TPSA) is 24.4 Å². The molecule has 0 aliphatic carbocycles. The number of nitrogens with one attached hydrogen (secondary N) is 1. The van der Waals surface area contributed by atoms with Crippen molar-refractivity contribution in [2.24, 2.45) is 4.99 Å². The van der Waals surface area contributed by atoms with Gasteiger partial charge in [0, 0.05) is 10.9 Å². The van der Waals surface area contributed by atoms with E-state index < -0.39 is 0 Å². The SMILES string of the molecule is CCCC1CN=C(Nc2cc(Br)c(F)cc2C)S1. The number of aliphatic imine (C=N–C) groups is 1. The minimum atomic E-state index is -0.233. The van der Waals surface area contributed by atoms with Gasteiger partial charge in [-0.1, -0.05) is 25.1 Å². The van der Waals surface area contributed by atoms with Gasteiger partial charge < -0.3 is 5.32 Å². The van der Waals surface area contributed by atoms with Gasteiger partial charge in [-0.3, -0.25) is 4.99 Å². The third-order valence-corrected chi connectivity index (χ3v) is 4.62. The van der Waals surface area contributed by atoms with Crippen LogP contribution in [0, 0.1) is 12.7 Å². The van der Waals surface area contributed by atoms with E-state index >= 15 is 0 Å². The van der Waals surface area contributed by atoms with Crippen LogP contribution in [0.25, 0.3) is 0 Å². The highest BCUT2D eigenvalue weighted by Crippen LogP contribution is 2.29. The van der Waals surface area contributed by atoms with E-state index in [9.17, 15) is 4.39 Å². The van der Waals surface area contributed by atoms with Gasteiger partial charge in [-0.25, -0.2) is 4.39 Å². The molecule has 1 atom stereocenters. The minimum absolute atomic E-state index is 0.233. The van der Waals surface area contributed by atoms with Crippen molar-refractivity contribution in [3.8, 4) is 0 Å². The van der Waals surface area contributed by atoms with Crippen LogP contribution in [0.4, 0.5) is 10.1 Å². The summed E-state index contributed by atoms with van der Waals surface area (Å²) in [6.45, 7) is 4.96.